The molecule has 1 rings (SSSR count). The molecule has 0 bridgehead atoms. The van der Waals surface area contributed by atoms with Gasteiger partial charge in [-0.25, -0.2) is 0 Å². The molecule has 3 N–H and O–H groups in total. The number of nitrogens with one attached hydrogen (secondary N) is 1. The average Bonchev–Trinajstić information content (AvgIpc) is 2.22. The van der Waals surface area contributed by atoms with E-state index in [9.17, 15) is 4.79 Å². The lowest BCUT2D eigenvalue weighted by atomic mass is 10.1. The Balaban J connectivity index is 2.45. The van der Waals surface area contributed by atoms with Crippen LogP contribution in [0.4, 0.5) is 5.69 Å². The zero-order chi connectivity index (χ0) is 11.1. The van der Waals surface area contributed by atoms with Gasteiger partial charge < -0.3 is 5.73 Å². The van der Waals surface area contributed by atoms with Crippen LogP contribution in [0.2, 0.25) is 0 Å². The van der Waals surface area contributed by atoms with Crippen LogP contribution in [0, 0.1) is 12.3 Å². The van der Waals surface area contributed by atoms with Crippen LogP contribution in [-0.4, -0.2) is 23.9 Å². The number of carbonyl (C=O) groups is 1. The van der Waals surface area contributed by atoms with Gasteiger partial charge in [0.25, 0.3) is 0 Å². The molecular formula is C11H13N3O. The average molecular weight is 203 g/mol. The van der Waals surface area contributed by atoms with Gasteiger partial charge in [-0.3, -0.25) is 15.1 Å². The van der Waals surface area contributed by atoms with Crippen molar-refractivity contribution in [3.8, 4) is 12.3 Å². The number of Topliss-reactive ketones (excluding diaryl/α,β-unsaturated/α-hetero) is 1. The number of terminal acetylenes is 1. The quantitative estimate of drug-likeness (QED) is 0.522. The number of nitrogens with two attached hydrogens (primary N) is 1. The molecular weight excluding hydrogens is 190 g/mol. The number of nitrogens with zero attached hydrogens (tertiary/aromatic N) is 1. The lowest BCUT2D eigenvalue weighted by Gasteiger charge is -2.03. The van der Waals surface area contributed by atoms with Gasteiger partial charge in [-0.2, -0.15) is 0 Å². The second-order valence-electron chi connectivity index (χ2n) is 3.10. The van der Waals surface area contributed by atoms with E-state index >= 15 is 0 Å². The lowest BCUT2D eigenvalue weighted by Crippen LogP contribution is -2.24. The van der Waals surface area contributed by atoms with Gasteiger partial charge in [0, 0.05) is 30.1 Å². The van der Waals surface area contributed by atoms with E-state index in [0.717, 1.165) is 5.56 Å². The van der Waals surface area contributed by atoms with Gasteiger partial charge in [0.2, 0.25) is 0 Å². The summed E-state index contributed by atoms with van der Waals surface area (Å²) in [5.74, 6) is 2.44. The number of hydrogen-bond donors (Lipinski definition) is 2. The summed E-state index contributed by atoms with van der Waals surface area (Å²) in [4.78, 5) is 15.3. The number of carbonyl (C=O) groups excluding carboxylic acids is 1. The van der Waals surface area contributed by atoms with Crippen molar-refractivity contribution >= 4 is 11.5 Å². The first kappa shape index (κ1) is 11.2. The minimum atomic E-state index is 0.0463. The summed E-state index contributed by atoms with van der Waals surface area (Å²) < 4.78 is 0. The summed E-state index contributed by atoms with van der Waals surface area (Å²) in [5.41, 5.74) is 7.03. The Morgan fingerprint density at radius 1 is 1.67 bits per heavy atom. The predicted molar refractivity (Wildman–Crippen MR) is 59.1 cm³/mol. The molecule has 1 aromatic heterocycles. The monoisotopic (exact) mass is 203 g/mol. The molecule has 0 spiro atoms. The Morgan fingerprint density at radius 2 is 2.47 bits per heavy atom. The molecule has 0 atom stereocenters. The van der Waals surface area contributed by atoms with Gasteiger partial charge >= 0.3 is 0 Å². The highest BCUT2D eigenvalue weighted by Crippen LogP contribution is 2.09. The van der Waals surface area contributed by atoms with Crippen LogP contribution in [0.5, 0.6) is 0 Å². The standard InChI is InChI=1S/C11H13N3O/c1-2-4-13-8-10(15)6-9-7-14-5-3-11(9)12/h1,3,5,7,13H,4,6,8H2,(H2,12,14). The fraction of sp³-hybridized carbons (Fsp3) is 0.273. The highest BCUT2D eigenvalue weighted by atomic mass is 16.1. The third-order valence-corrected chi connectivity index (χ3v) is 1.88. The summed E-state index contributed by atoms with van der Waals surface area (Å²) in [5, 5.41) is 2.83. The fourth-order valence-electron chi connectivity index (χ4n) is 1.13. The number of pyridine rings is 1. The molecule has 0 aliphatic rings. The Hall–Kier alpha value is -1.86. The SMILES string of the molecule is C#CCNCC(=O)Cc1cnccc1N. The van der Waals surface area contributed by atoms with Gasteiger partial charge in [0.1, 0.15) is 0 Å². The first-order valence-corrected chi connectivity index (χ1v) is 4.58. The third-order valence-electron chi connectivity index (χ3n) is 1.88. The van der Waals surface area contributed by atoms with Crippen molar-refractivity contribution in [1.82, 2.24) is 10.3 Å². The highest BCUT2D eigenvalue weighted by Gasteiger charge is 2.05. The van der Waals surface area contributed by atoms with Crippen molar-refractivity contribution in [3.05, 3.63) is 24.0 Å². The number of anilines is 1. The molecule has 0 amide bonds. The van der Waals surface area contributed by atoms with Crippen LogP contribution in [0.3, 0.4) is 0 Å². The largest absolute Gasteiger partial charge is 0.398 e. The molecule has 0 aromatic carbocycles. The smallest absolute Gasteiger partial charge is 0.151 e. The van der Waals surface area contributed by atoms with Crippen LogP contribution in [-0.2, 0) is 11.2 Å². The summed E-state index contributed by atoms with van der Waals surface area (Å²) >= 11 is 0. The topological polar surface area (TPSA) is 68.0 Å². The maximum Gasteiger partial charge on any atom is 0.151 e. The van der Waals surface area contributed by atoms with Gasteiger partial charge in [-0.1, -0.05) is 5.92 Å². The maximum atomic E-state index is 11.4. The Kier molecular flexibility index (Phi) is 4.32. The van der Waals surface area contributed by atoms with E-state index in [1.165, 1.54) is 0 Å². The van der Waals surface area contributed by atoms with Crippen LogP contribution in [0.15, 0.2) is 18.5 Å². The molecule has 0 saturated heterocycles. The number of aromatic nitrogens is 1. The molecule has 0 saturated carbocycles. The zero-order valence-corrected chi connectivity index (χ0v) is 8.36. The van der Waals surface area contributed by atoms with Crippen LogP contribution >= 0.6 is 0 Å². The molecule has 0 radical (unpaired) electrons. The number of ketones is 1. The van der Waals surface area contributed by atoms with Gasteiger partial charge in [-0.15, -0.1) is 6.42 Å². The molecule has 4 heteroatoms. The third kappa shape index (κ3) is 3.79. The molecule has 0 fully saturated rings. The number of nitrogen functional groups attached to an aromatic ring is 1. The summed E-state index contributed by atoms with van der Waals surface area (Å²) in [6, 6.07) is 1.68. The Labute approximate surface area is 88.9 Å². The highest BCUT2D eigenvalue weighted by molar-refractivity contribution is 5.83. The minimum Gasteiger partial charge on any atom is -0.398 e. The molecule has 0 unspecified atom stereocenters. The molecule has 1 heterocycles. The van der Waals surface area contributed by atoms with Crippen LogP contribution < -0.4 is 11.1 Å². The van der Waals surface area contributed by atoms with Gasteiger partial charge in [-0.05, 0) is 6.07 Å². The van der Waals surface area contributed by atoms with Crippen molar-refractivity contribution in [1.29, 1.82) is 0 Å². The first-order valence-electron chi connectivity index (χ1n) is 4.58. The normalized spacial score (nSPS) is 9.53. The first-order chi connectivity index (χ1) is 7.24. The van der Waals surface area contributed by atoms with E-state index in [1.807, 2.05) is 0 Å². The van der Waals surface area contributed by atoms with Gasteiger partial charge in [0.15, 0.2) is 5.78 Å². The minimum absolute atomic E-state index is 0.0463. The van der Waals surface area contributed by atoms with Crippen LogP contribution in [0.25, 0.3) is 0 Å². The molecule has 0 aliphatic carbocycles. The van der Waals surface area contributed by atoms with E-state index in [4.69, 9.17) is 12.2 Å². The summed E-state index contributed by atoms with van der Waals surface area (Å²) in [6.45, 7) is 0.660. The molecule has 15 heavy (non-hydrogen) atoms. The lowest BCUT2D eigenvalue weighted by molar-refractivity contribution is -0.117. The second-order valence-corrected chi connectivity index (χ2v) is 3.10. The number of rotatable bonds is 5. The maximum absolute atomic E-state index is 11.4. The number of hydrogen-bond acceptors (Lipinski definition) is 4. The van der Waals surface area contributed by atoms with E-state index in [-0.39, 0.29) is 18.7 Å². The molecule has 0 aliphatic heterocycles. The predicted octanol–water partition coefficient (Wildman–Crippen LogP) is -0.00180. The van der Waals surface area contributed by atoms with Crippen LogP contribution in [0.1, 0.15) is 5.56 Å². The summed E-state index contributed by atoms with van der Waals surface area (Å²) in [6.07, 6.45) is 8.53. The van der Waals surface area contributed by atoms with E-state index in [1.54, 1.807) is 18.5 Å². The van der Waals surface area contributed by atoms with Crippen molar-refractivity contribution in [2.24, 2.45) is 0 Å². The van der Waals surface area contributed by atoms with E-state index in [0.29, 0.717) is 12.2 Å². The molecule has 4 nitrogen and oxygen atoms in total. The molecule has 1 aromatic rings. The van der Waals surface area contributed by atoms with Crippen molar-refractivity contribution in [3.63, 3.8) is 0 Å². The van der Waals surface area contributed by atoms with E-state index < -0.39 is 0 Å². The second kappa shape index (κ2) is 5.78. The van der Waals surface area contributed by atoms with Crippen molar-refractivity contribution in [2.45, 2.75) is 6.42 Å². The molecule has 78 valence electrons. The Morgan fingerprint density at radius 3 is 3.13 bits per heavy atom. The van der Waals surface area contributed by atoms with E-state index in [2.05, 4.69) is 16.2 Å². The zero-order valence-electron chi connectivity index (χ0n) is 8.36. The fourth-order valence-corrected chi connectivity index (χ4v) is 1.13. The van der Waals surface area contributed by atoms with Crippen molar-refractivity contribution in [2.75, 3.05) is 18.8 Å². The van der Waals surface area contributed by atoms with Crippen molar-refractivity contribution < 1.29 is 4.79 Å². The van der Waals surface area contributed by atoms with Gasteiger partial charge in [0.05, 0.1) is 13.1 Å². The Bertz CT molecular complexity index is 382. The summed E-state index contributed by atoms with van der Waals surface area (Å²) in [7, 11) is 0.